The molecule has 0 bridgehead atoms. The van der Waals surface area contributed by atoms with E-state index < -0.39 is 12.1 Å². The fraction of sp³-hybridized carbons (Fsp3) is 0.500. The molecule has 32 heavy (non-hydrogen) atoms. The normalized spacial score (nSPS) is 15.9. The van der Waals surface area contributed by atoms with E-state index in [1.165, 1.54) is 5.56 Å². The average Bonchev–Trinajstić information content (AvgIpc) is 3.05. The predicted octanol–water partition coefficient (Wildman–Crippen LogP) is 4.81. The highest BCUT2D eigenvalue weighted by Gasteiger charge is 2.38. The Morgan fingerprint density at radius 3 is 2.56 bits per heavy atom. The van der Waals surface area contributed by atoms with Gasteiger partial charge in [0.15, 0.2) is 0 Å². The molecule has 0 aliphatic heterocycles. The fourth-order valence-electron chi connectivity index (χ4n) is 3.62. The Bertz CT molecular complexity index is 957. The van der Waals surface area contributed by atoms with Crippen LogP contribution in [-0.4, -0.2) is 39.7 Å². The van der Waals surface area contributed by atoms with E-state index in [0.717, 1.165) is 47.9 Å². The van der Waals surface area contributed by atoms with Gasteiger partial charge in [-0.3, -0.25) is 4.79 Å². The summed E-state index contributed by atoms with van der Waals surface area (Å²) < 4.78 is 31.7. The number of nitrogens with one attached hydrogen (secondary N) is 2. The summed E-state index contributed by atoms with van der Waals surface area (Å²) in [6.07, 6.45) is -1.33. The van der Waals surface area contributed by atoms with Crippen LogP contribution < -0.4 is 5.32 Å². The van der Waals surface area contributed by atoms with Crippen molar-refractivity contribution in [2.24, 2.45) is 5.41 Å². The van der Waals surface area contributed by atoms with Crippen LogP contribution >= 0.6 is 11.6 Å². The lowest BCUT2D eigenvalue weighted by molar-refractivity contribution is -0.192. The first kappa shape index (κ1) is 25.7. The number of benzene rings is 1. The SMILES string of the molecule is Cc1nc2c([nH]1)CCCC2C(=O)NCC(C)(C)Cc1cccc(Cl)c1.O=C(O)C(F)(F)F. The van der Waals surface area contributed by atoms with E-state index in [9.17, 15) is 18.0 Å². The summed E-state index contributed by atoms with van der Waals surface area (Å²) in [5.74, 6) is -1.90. The van der Waals surface area contributed by atoms with Crippen LogP contribution in [-0.2, 0) is 22.4 Å². The third-order valence-corrected chi connectivity index (χ3v) is 5.29. The minimum atomic E-state index is -5.08. The minimum Gasteiger partial charge on any atom is -0.475 e. The molecule has 3 N–H and O–H groups in total. The molecule has 6 nitrogen and oxygen atoms in total. The van der Waals surface area contributed by atoms with Crippen LogP contribution in [0, 0.1) is 12.3 Å². The Morgan fingerprint density at radius 2 is 1.97 bits per heavy atom. The average molecular weight is 474 g/mol. The van der Waals surface area contributed by atoms with Crippen molar-refractivity contribution in [3.05, 3.63) is 52.1 Å². The van der Waals surface area contributed by atoms with Crippen molar-refractivity contribution in [1.82, 2.24) is 15.3 Å². The van der Waals surface area contributed by atoms with Gasteiger partial charge >= 0.3 is 12.1 Å². The van der Waals surface area contributed by atoms with Crippen LogP contribution in [0.5, 0.6) is 0 Å². The summed E-state index contributed by atoms with van der Waals surface area (Å²) in [6.45, 7) is 6.91. The van der Waals surface area contributed by atoms with Crippen molar-refractivity contribution >= 4 is 23.5 Å². The Balaban J connectivity index is 0.000000451. The molecule has 1 aromatic carbocycles. The molecule has 0 radical (unpaired) electrons. The van der Waals surface area contributed by atoms with Gasteiger partial charge in [-0.15, -0.1) is 0 Å². The van der Waals surface area contributed by atoms with E-state index in [-0.39, 0.29) is 17.2 Å². The number of carbonyl (C=O) groups is 2. The van der Waals surface area contributed by atoms with E-state index in [4.69, 9.17) is 21.5 Å². The van der Waals surface area contributed by atoms with Gasteiger partial charge in [0.05, 0.1) is 11.6 Å². The minimum absolute atomic E-state index is 0.0423. The highest BCUT2D eigenvalue weighted by atomic mass is 35.5. The molecule has 2 aromatic rings. The second kappa shape index (κ2) is 10.4. The van der Waals surface area contributed by atoms with Crippen LogP contribution in [0.1, 0.15) is 55.4 Å². The summed E-state index contributed by atoms with van der Waals surface area (Å²) in [6, 6.07) is 7.92. The lowest BCUT2D eigenvalue weighted by Crippen LogP contribution is -2.38. The molecule has 176 valence electrons. The number of H-pyrrole nitrogens is 1. The van der Waals surface area contributed by atoms with E-state index >= 15 is 0 Å². The van der Waals surface area contributed by atoms with Gasteiger partial charge < -0.3 is 15.4 Å². The highest BCUT2D eigenvalue weighted by molar-refractivity contribution is 6.30. The van der Waals surface area contributed by atoms with Crippen LogP contribution in [0.4, 0.5) is 13.2 Å². The highest BCUT2D eigenvalue weighted by Crippen LogP contribution is 2.30. The molecule has 1 aromatic heterocycles. The summed E-state index contributed by atoms with van der Waals surface area (Å²) in [5.41, 5.74) is 3.21. The number of fused-ring (bicyclic) bond motifs is 1. The first-order valence-electron chi connectivity index (χ1n) is 10.2. The molecule has 1 aliphatic rings. The lowest BCUT2D eigenvalue weighted by atomic mass is 9.85. The number of halogens is 4. The number of hydrogen-bond acceptors (Lipinski definition) is 3. The molecular formula is C22H27ClF3N3O3. The van der Waals surface area contributed by atoms with Crippen LogP contribution in [0.3, 0.4) is 0 Å². The number of aliphatic carboxylic acids is 1. The zero-order valence-corrected chi connectivity index (χ0v) is 18.9. The number of aromatic nitrogens is 2. The summed E-state index contributed by atoms with van der Waals surface area (Å²) >= 11 is 6.07. The van der Waals surface area contributed by atoms with Crippen molar-refractivity contribution in [3.8, 4) is 0 Å². The number of carboxylic acid groups (broad SMARTS) is 1. The Kier molecular flexibility index (Phi) is 8.34. The number of nitrogens with zero attached hydrogens (tertiary/aromatic N) is 1. The van der Waals surface area contributed by atoms with Gasteiger partial charge in [-0.25, -0.2) is 9.78 Å². The summed E-state index contributed by atoms with van der Waals surface area (Å²) in [7, 11) is 0. The number of aromatic amines is 1. The Labute approximate surface area is 189 Å². The van der Waals surface area contributed by atoms with Crippen molar-refractivity contribution < 1.29 is 27.9 Å². The number of amides is 1. The van der Waals surface area contributed by atoms with Crippen LogP contribution in [0.2, 0.25) is 5.02 Å². The standard InChI is InChI=1S/C20H26ClN3O.C2HF3O2/c1-13-23-17-9-5-8-16(18(17)24-13)19(25)22-12-20(2,3)11-14-6-4-7-15(21)10-14;3-2(4,5)1(6)7/h4,6-7,10,16H,5,8-9,11-12H2,1-3H3,(H,22,25)(H,23,24);(H,6,7). The first-order chi connectivity index (χ1) is 14.8. The van der Waals surface area contributed by atoms with Gasteiger partial charge in [0.2, 0.25) is 5.91 Å². The number of rotatable bonds is 5. The molecule has 0 spiro atoms. The molecule has 0 saturated heterocycles. The summed E-state index contributed by atoms with van der Waals surface area (Å²) in [4.78, 5) is 29.5. The lowest BCUT2D eigenvalue weighted by Gasteiger charge is -2.27. The molecule has 3 rings (SSSR count). The predicted molar refractivity (Wildman–Crippen MR) is 115 cm³/mol. The van der Waals surface area contributed by atoms with E-state index in [1.807, 2.05) is 25.1 Å². The molecule has 0 saturated carbocycles. The number of alkyl halides is 3. The fourth-order valence-corrected chi connectivity index (χ4v) is 3.84. The Hall–Kier alpha value is -2.55. The number of aryl methyl sites for hydroxylation is 2. The van der Waals surface area contributed by atoms with Crippen molar-refractivity contribution in [1.29, 1.82) is 0 Å². The molecule has 1 atom stereocenters. The van der Waals surface area contributed by atoms with E-state index in [2.05, 4.69) is 35.2 Å². The maximum Gasteiger partial charge on any atom is 0.490 e. The topological polar surface area (TPSA) is 95.1 Å². The zero-order chi connectivity index (χ0) is 24.1. The van der Waals surface area contributed by atoms with E-state index in [1.54, 1.807) is 0 Å². The third kappa shape index (κ3) is 7.55. The van der Waals surface area contributed by atoms with Gasteiger partial charge in [0, 0.05) is 17.3 Å². The van der Waals surface area contributed by atoms with Crippen molar-refractivity contribution in [2.75, 3.05) is 6.54 Å². The zero-order valence-electron chi connectivity index (χ0n) is 18.1. The first-order valence-corrected chi connectivity index (χ1v) is 10.5. The van der Waals surface area contributed by atoms with Gasteiger partial charge in [-0.1, -0.05) is 37.6 Å². The van der Waals surface area contributed by atoms with Crippen LogP contribution in [0.15, 0.2) is 24.3 Å². The van der Waals surface area contributed by atoms with Gasteiger partial charge in [-0.05, 0) is 55.7 Å². The second-order valence-electron chi connectivity index (χ2n) is 8.62. The quantitative estimate of drug-likeness (QED) is 0.580. The van der Waals surface area contributed by atoms with E-state index in [0.29, 0.717) is 6.54 Å². The molecular weight excluding hydrogens is 447 g/mol. The smallest absolute Gasteiger partial charge is 0.475 e. The van der Waals surface area contributed by atoms with Crippen molar-refractivity contribution in [3.63, 3.8) is 0 Å². The molecule has 10 heteroatoms. The monoisotopic (exact) mass is 473 g/mol. The van der Waals surface area contributed by atoms with Gasteiger partial charge in [0.25, 0.3) is 0 Å². The maximum atomic E-state index is 12.7. The molecule has 1 heterocycles. The Morgan fingerprint density at radius 1 is 1.31 bits per heavy atom. The molecule has 1 unspecified atom stereocenters. The summed E-state index contributed by atoms with van der Waals surface area (Å²) in [5, 5.41) is 11.0. The third-order valence-electron chi connectivity index (χ3n) is 5.05. The second-order valence-corrected chi connectivity index (χ2v) is 9.06. The van der Waals surface area contributed by atoms with Gasteiger partial charge in [-0.2, -0.15) is 13.2 Å². The molecule has 1 amide bonds. The molecule has 1 aliphatic carbocycles. The number of carboxylic acids is 1. The number of imidazole rings is 1. The number of hydrogen-bond donors (Lipinski definition) is 3. The maximum absolute atomic E-state index is 12.7. The number of carbonyl (C=O) groups excluding carboxylic acids is 1. The van der Waals surface area contributed by atoms with Crippen LogP contribution in [0.25, 0.3) is 0 Å². The van der Waals surface area contributed by atoms with Crippen molar-refractivity contribution in [2.45, 2.75) is 58.5 Å². The molecule has 0 fully saturated rings. The largest absolute Gasteiger partial charge is 0.490 e. The van der Waals surface area contributed by atoms with Gasteiger partial charge in [0.1, 0.15) is 5.82 Å².